The fourth-order valence-corrected chi connectivity index (χ4v) is 5.60. The summed E-state index contributed by atoms with van der Waals surface area (Å²) in [6, 6.07) is 10.7. The molecule has 1 N–H and O–H groups in total. The molecular formula is C27H34N4O2. The highest BCUT2D eigenvalue weighted by Crippen LogP contribution is 2.39. The SMILES string of the molecule is Cc1ccc2[nH]c(C3CCCN(C(=O)CN4CC(C)OC(C)C4)C3)c(-c3cccnc3)c2c1. The van der Waals surface area contributed by atoms with E-state index in [2.05, 4.69) is 64.8 Å². The van der Waals surface area contributed by atoms with Crippen molar-refractivity contribution in [2.75, 3.05) is 32.7 Å². The summed E-state index contributed by atoms with van der Waals surface area (Å²) in [5.74, 6) is 0.518. The molecule has 0 spiro atoms. The van der Waals surface area contributed by atoms with E-state index in [4.69, 9.17) is 4.74 Å². The molecule has 1 aromatic carbocycles. The van der Waals surface area contributed by atoms with Crippen LogP contribution in [-0.4, -0.2) is 70.6 Å². The smallest absolute Gasteiger partial charge is 0.236 e. The number of morpholine rings is 1. The third-order valence-electron chi connectivity index (χ3n) is 6.97. The van der Waals surface area contributed by atoms with E-state index in [1.807, 2.05) is 18.5 Å². The number of pyridine rings is 1. The highest BCUT2D eigenvalue weighted by Gasteiger charge is 2.31. The zero-order valence-electron chi connectivity index (χ0n) is 19.9. The quantitative estimate of drug-likeness (QED) is 0.647. The second-order valence-electron chi connectivity index (χ2n) is 9.83. The average Bonchev–Trinajstić information content (AvgIpc) is 3.17. The molecule has 3 unspecified atom stereocenters. The number of aromatic amines is 1. The molecule has 6 nitrogen and oxygen atoms in total. The summed E-state index contributed by atoms with van der Waals surface area (Å²) >= 11 is 0. The van der Waals surface area contributed by atoms with E-state index in [9.17, 15) is 4.79 Å². The minimum atomic E-state index is 0.174. The maximum atomic E-state index is 13.3. The van der Waals surface area contributed by atoms with Crippen LogP contribution in [0, 0.1) is 6.92 Å². The third-order valence-corrected chi connectivity index (χ3v) is 6.97. The van der Waals surface area contributed by atoms with Gasteiger partial charge in [0.25, 0.3) is 0 Å². The first-order valence-corrected chi connectivity index (χ1v) is 12.2. The van der Waals surface area contributed by atoms with Crippen LogP contribution >= 0.6 is 0 Å². The van der Waals surface area contributed by atoms with Crippen molar-refractivity contribution in [3.05, 3.63) is 54.0 Å². The van der Waals surface area contributed by atoms with Gasteiger partial charge in [-0.2, -0.15) is 0 Å². The molecule has 33 heavy (non-hydrogen) atoms. The van der Waals surface area contributed by atoms with Crippen molar-refractivity contribution in [1.29, 1.82) is 0 Å². The van der Waals surface area contributed by atoms with Gasteiger partial charge in [0.15, 0.2) is 0 Å². The van der Waals surface area contributed by atoms with Crippen LogP contribution in [0.3, 0.4) is 0 Å². The van der Waals surface area contributed by atoms with E-state index >= 15 is 0 Å². The normalized spacial score (nSPS) is 24.3. The molecule has 174 valence electrons. The summed E-state index contributed by atoms with van der Waals surface area (Å²) in [6.45, 7) is 10.0. The molecule has 2 aliphatic heterocycles. The van der Waals surface area contributed by atoms with Crippen LogP contribution in [0.25, 0.3) is 22.0 Å². The number of nitrogens with one attached hydrogen (secondary N) is 1. The number of carbonyl (C=O) groups excluding carboxylic acids is 1. The molecule has 0 bridgehead atoms. The zero-order chi connectivity index (χ0) is 22.9. The summed E-state index contributed by atoms with van der Waals surface area (Å²) in [5.41, 5.74) is 5.98. The average molecular weight is 447 g/mol. The van der Waals surface area contributed by atoms with Crippen molar-refractivity contribution in [1.82, 2.24) is 19.8 Å². The van der Waals surface area contributed by atoms with E-state index < -0.39 is 0 Å². The molecule has 4 heterocycles. The Bertz CT molecular complexity index is 1120. The number of aryl methyl sites for hydroxylation is 1. The van der Waals surface area contributed by atoms with E-state index in [-0.39, 0.29) is 24.0 Å². The fraction of sp³-hybridized carbons (Fsp3) is 0.481. The minimum absolute atomic E-state index is 0.174. The van der Waals surface area contributed by atoms with Crippen LogP contribution in [-0.2, 0) is 9.53 Å². The van der Waals surface area contributed by atoms with Crippen LogP contribution < -0.4 is 0 Å². The number of carbonyl (C=O) groups is 1. The molecule has 6 heteroatoms. The van der Waals surface area contributed by atoms with Crippen molar-refractivity contribution in [3.8, 4) is 11.1 Å². The Labute approximate surface area is 195 Å². The number of nitrogens with zero attached hydrogens (tertiary/aromatic N) is 3. The Morgan fingerprint density at radius 2 is 2.00 bits per heavy atom. The monoisotopic (exact) mass is 446 g/mol. The van der Waals surface area contributed by atoms with Gasteiger partial charge in [0.2, 0.25) is 5.91 Å². The second kappa shape index (κ2) is 9.27. The summed E-state index contributed by atoms with van der Waals surface area (Å²) in [4.78, 5) is 25.7. The number of H-pyrrole nitrogens is 1. The number of benzene rings is 1. The Balaban J connectivity index is 1.40. The molecule has 3 aromatic rings. The molecule has 1 amide bonds. The Kier molecular flexibility index (Phi) is 6.21. The van der Waals surface area contributed by atoms with Gasteiger partial charge in [-0.05, 0) is 51.8 Å². The molecule has 5 rings (SSSR count). The van der Waals surface area contributed by atoms with Crippen LogP contribution in [0.15, 0.2) is 42.7 Å². The standard InChI is InChI=1S/C27H34N4O2/c1-18-8-9-24-23(12-18)26(21-6-4-10-28-13-21)27(29-24)22-7-5-11-31(16-22)25(32)17-30-14-19(2)33-20(3)15-30/h4,6,8-10,12-13,19-20,22,29H,5,7,11,14-17H2,1-3H3. The van der Waals surface area contributed by atoms with Crippen LogP contribution in [0.2, 0.25) is 0 Å². The van der Waals surface area contributed by atoms with Crippen molar-refractivity contribution < 1.29 is 9.53 Å². The molecule has 2 fully saturated rings. The fourth-order valence-electron chi connectivity index (χ4n) is 5.60. The molecule has 0 saturated carbocycles. The number of aromatic nitrogens is 2. The largest absolute Gasteiger partial charge is 0.373 e. The molecule has 2 aromatic heterocycles. The van der Waals surface area contributed by atoms with Gasteiger partial charge >= 0.3 is 0 Å². The van der Waals surface area contributed by atoms with E-state index in [0.717, 1.165) is 50.1 Å². The summed E-state index contributed by atoms with van der Waals surface area (Å²) in [5, 5.41) is 1.23. The van der Waals surface area contributed by atoms with Crippen LogP contribution in [0.1, 0.15) is 43.9 Å². The Morgan fingerprint density at radius 1 is 1.18 bits per heavy atom. The lowest BCUT2D eigenvalue weighted by Gasteiger charge is -2.38. The number of hydrogen-bond donors (Lipinski definition) is 1. The maximum absolute atomic E-state index is 13.3. The summed E-state index contributed by atoms with van der Waals surface area (Å²) in [6.07, 6.45) is 6.21. The Hall–Kier alpha value is -2.70. The topological polar surface area (TPSA) is 61.5 Å². The first kappa shape index (κ1) is 22.1. The first-order valence-electron chi connectivity index (χ1n) is 12.2. The molecule has 3 atom stereocenters. The van der Waals surface area contributed by atoms with Crippen LogP contribution in [0.5, 0.6) is 0 Å². The molecular weight excluding hydrogens is 412 g/mol. The van der Waals surface area contributed by atoms with Gasteiger partial charge in [0.1, 0.15) is 0 Å². The van der Waals surface area contributed by atoms with Gasteiger partial charge in [-0.1, -0.05) is 17.7 Å². The van der Waals surface area contributed by atoms with Gasteiger partial charge in [-0.25, -0.2) is 0 Å². The lowest BCUT2D eigenvalue weighted by atomic mass is 9.89. The molecule has 0 radical (unpaired) electrons. The lowest BCUT2D eigenvalue weighted by Crippen LogP contribution is -2.51. The number of piperidine rings is 1. The number of rotatable bonds is 4. The highest BCUT2D eigenvalue weighted by molar-refractivity contribution is 5.98. The van der Waals surface area contributed by atoms with Gasteiger partial charge < -0.3 is 14.6 Å². The first-order chi connectivity index (χ1) is 16.0. The number of likely N-dealkylation sites (tertiary alicyclic amines) is 1. The summed E-state index contributed by atoms with van der Waals surface area (Å²) < 4.78 is 5.83. The predicted molar refractivity (Wildman–Crippen MR) is 131 cm³/mol. The predicted octanol–water partition coefficient (Wildman–Crippen LogP) is 4.35. The van der Waals surface area contributed by atoms with Crippen molar-refractivity contribution in [2.24, 2.45) is 0 Å². The van der Waals surface area contributed by atoms with E-state index in [0.29, 0.717) is 6.54 Å². The number of amides is 1. The zero-order valence-corrected chi connectivity index (χ0v) is 19.9. The minimum Gasteiger partial charge on any atom is -0.373 e. The molecule has 2 aliphatic rings. The van der Waals surface area contributed by atoms with Gasteiger partial charge in [0.05, 0.1) is 18.8 Å². The van der Waals surface area contributed by atoms with Crippen LogP contribution in [0.4, 0.5) is 0 Å². The van der Waals surface area contributed by atoms with Crippen molar-refractivity contribution in [3.63, 3.8) is 0 Å². The number of hydrogen-bond acceptors (Lipinski definition) is 4. The number of fused-ring (bicyclic) bond motifs is 1. The van der Waals surface area contributed by atoms with Crippen molar-refractivity contribution in [2.45, 2.75) is 51.7 Å². The lowest BCUT2D eigenvalue weighted by molar-refractivity contribution is -0.137. The summed E-state index contributed by atoms with van der Waals surface area (Å²) in [7, 11) is 0. The molecule has 2 saturated heterocycles. The number of ether oxygens (including phenoxy) is 1. The second-order valence-corrected chi connectivity index (χ2v) is 9.83. The van der Waals surface area contributed by atoms with Crippen molar-refractivity contribution >= 4 is 16.8 Å². The Morgan fingerprint density at radius 3 is 2.76 bits per heavy atom. The van der Waals surface area contributed by atoms with Gasteiger partial charge in [-0.3, -0.25) is 14.7 Å². The third kappa shape index (κ3) is 4.68. The van der Waals surface area contributed by atoms with Gasteiger partial charge in [-0.15, -0.1) is 0 Å². The van der Waals surface area contributed by atoms with E-state index in [1.54, 1.807) is 0 Å². The maximum Gasteiger partial charge on any atom is 0.236 e. The highest BCUT2D eigenvalue weighted by atomic mass is 16.5. The van der Waals surface area contributed by atoms with Gasteiger partial charge in [0, 0.05) is 72.2 Å². The molecule has 0 aliphatic carbocycles. The van der Waals surface area contributed by atoms with E-state index in [1.165, 1.54) is 22.2 Å².